The largest absolute Gasteiger partial charge is 0.389 e. The van der Waals surface area contributed by atoms with E-state index in [4.69, 9.17) is 4.52 Å². The van der Waals surface area contributed by atoms with Crippen molar-refractivity contribution < 1.29 is 14.2 Å². The minimum atomic E-state index is -0.492. The number of hydrogen-bond donors (Lipinski definition) is 0. The Morgan fingerprint density at radius 2 is 2.06 bits per heavy atom. The maximum atomic E-state index is 13.5. The van der Waals surface area contributed by atoms with Gasteiger partial charge in [0.05, 0.1) is 40.0 Å². The normalized spacial score (nSPS) is 17.4. The zero-order chi connectivity index (χ0) is 21.5. The van der Waals surface area contributed by atoms with Crippen LogP contribution < -0.4 is 0 Å². The van der Waals surface area contributed by atoms with Crippen molar-refractivity contribution in [2.45, 2.75) is 57.4 Å². The minimum Gasteiger partial charge on any atom is -0.358 e. The van der Waals surface area contributed by atoms with Crippen molar-refractivity contribution in [2.24, 2.45) is 0 Å². The topological polar surface area (TPSA) is 120 Å². The molecule has 0 atom stereocenters. The molecule has 0 spiro atoms. The number of aromatic nitrogens is 4. The van der Waals surface area contributed by atoms with Gasteiger partial charge in [0, 0.05) is 24.7 Å². The SMILES string of the molecule is CCCc1noc2nc(C3CC3)cc(C(=O)N3CCC(n4ccc([N+](=O)[O-])n4)CC3)c12. The summed E-state index contributed by atoms with van der Waals surface area (Å²) in [5.74, 6) is 0.220. The molecule has 162 valence electrons. The third kappa shape index (κ3) is 3.66. The lowest BCUT2D eigenvalue weighted by Gasteiger charge is -2.31. The van der Waals surface area contributed by atoms with Crippen molar-refractivity contribution in [3.8, 4) is 0 Å². The summed E-state index contributed by atoms with van der Waals surface area (Å²) in [5, 5.41) is 19.9. The summed E-state index contributed by atoms with van der Waals surface area (Å²) in [4.78, 5) is 30.4. The molecule has 10 heteroatoms. The number of nitro groups is 1. The van der Waals surface area contributed by atoms with Gasteiger partial charge in [0.25, 0.3) is 11.6 Å². The fraction of sp³-hybridized carbons (Fsp3) is 0.524. The number of nitrogens with zero attached hydrogens (tertiary/aromatic N) is 6. The average Bonchev–Trinajstić information content (AvgIpc) is 3.37. The number of fused-ring (bicyclic) bond motifs is 1. The Balaban J connectivity index is 1.38. The average molecular weight is 424 g/mol. The summed E-state index contributed by atoms with van der Waals surface area (Å²) in [6.45, 7) is 3.20. The lowest BCUT2D eigenvalue weighted by Crippen LogP contribution is -2.39. The first kappa shape index (κ1) is 19.7. The van der Waals surface area contributed by atoms with E-state index in [1.165, 1.54) is 6.07 Å². The van der Waals surface area contributed by atoms with E-state index >= 15 is 0 Å². The smallest absolute Gasteiger partial charge is 0.358 e. The number of amides is 1. The van der Waals surface area contributed by atoms with Gasteiger partial charge in [-0.3, -0.25) is 4.79 Å². The highest BCUT2D eigenvalue weighted by Crippen LogP contribution is 2.41. The van der Waals surface area contributed by atoms with E-state index < -0.39 is 4.92 Å². The standard InChI is InChI=1S/C21H24N6O4/c1-2-3-16-19-15(12-17(13-4-5-13)22-20(19)31-24-16)21(28)25-9-6-14(7-10-25)26-11-8-18(23-26)27(29)30/h8,11-14H,2-7,9-10H2,1H3. The molecule has 1 aliphatic carbocycles. The second-order valence-corrected chi connectivity index (χ2v) is 8.36. The van der Waals surface area contributed by atoms with Crippen LogP contribution in [0.5, 0.6) is 0 Å². The molecule has 0 N–H and O–H groups in total. The lowest BCUT2D eigenvalue weighted by molar-refractivity contribution is -0.389. The van der Waals surface area contributed by atoms with E-state index in [-0.39, 0.29) is 17.8 Å². The molecule has 0 radical (unpaired) electrons. The van der Waals surface area contributed by atoms with Gasteiger partial charge in [-0.25, -0.2) is 4.98 Å². The van der Waals surface area contributed by atoms with Crippen molar-refractivity contribution >= 4 is 22.8 Å². The molecule has 0 unspecified atom stereocenters. The lowest BCUT2D eigenvalue weighted by atomic mass is 10.0. The van der Waals surface area contributed by atoms with Crippen LogP contribution in [0.1, 0.15) is 72.7 Å². The van der Waals surface area contributed by atoms with Crippen LogP contribution in [-0.2, 0) is 6.42 Å². The van der Waals surface area contributed by atoms with Crippen LogP contribution in [0.3, 0.4) is 0 Å². The molecule has 1 saturated heterocycles. The van der Waals surface area contributed by atoms with Crippen LogP contribution in [-0.4, -0.2) is 48.7 Å². The van der Waals surface area contributed by atoms with E-state index in [0.29, 0.717) is 43.1 Å². The molecule has 1 amide bonds. The Labute approximate surface area is 178 Å². The van der Waals surface area contributed by atoms with Gasteiger partial charge in [-0.05, 0) is 43.1 Å². The molecule has 4 heterocycles. The molecule has 1 saturated carbocycles. The van der Waals surface area contributed by atoms with Gasteiger partial charge in [0.15, 0.2) is 0 Å². The first-order valence-electron chi connectivity index (χ1n) is 10.8. The molecule has 0 bridgehead atoms. The maximum Gasteiger partial charge on any atom is 0.389 e. The molecular weight excluding hydrogens is 400 g/mol. The number of piperidine rings is 1. The van der Waals surface area contributed by atoms with Crippen molar-refractivity contribution in [1.29, 1.82) is 0 Å². The molecule has 3 aromatic rings. The second-order valence-electron chi connectivity index (χ2n) is 8.36. The number of pyridine rings is 1. The predicted molar refractivity (Wildman–Crippen MR) is 111 cm³/mol. The highest BCUT2D eigenvalue weighted by atomic mass is 16.6. The van der Waals surface area contributed by atoms with Crippen LogP contribution in [0.25, 0.3) is 11.1 Å². The molecule has 3 aromatic heterocycles. The molecule has 31 heavy (non-hydrogen) atoms. The first-order chi connectivity index (χ1) is 15.0. The second kappa shape index (κ2) is 7.75. The van der Waals surface area contributed by atoms with Crippen LogP contribution in [0.15, 0.2) is 22.9 Å². The number of likely N-dealkylation sites (tertiary alicyclic amines) is 1. The van der Waals surface area contributed by atoms with E-state index in [1.807, 2.05) is 11.0 Å². The minimum absolute atomic E-state index is 0.0280. The Bertz CT molecular complexity index is 1140. The summed E-state index contributed by atoms with van der Waals surface area (Å²) in [5.41, 5.74) is 2.78. The van der Waals surface area contributed by atoms with Crippen molar-refractivity contribution in [3.05, 3.63) is 45.4 Å². The molecule has 0 aromatic carbocycles. The highest BCUT2D eigenvalue weighted by Gasteiger charge is 2.32. The monoisotopic (exact) mass is 424 g/mol. The quantitative estimate of drug-likeness (QED) is 0.437. The molecule has 1 aliphatic heterocycles. The summed E-state index contributed by atoms with van der Waals surface area (Å²) in [7, 11) is 0. The molecule has 2 fully saturated rings. The van der Waals surface area contributed by atoms with E-state index in [0.717, 1.165) is 42.5 Å². The van der Waals surface area contributed by atoms with Gasteiger partial charge >= 0.3 is 5.82 Å². The number of hydrogen-bond acceptors (Lipinski definition) is 7. The van der Waals surface area contributed by atoms with Gasteiger partial charge in [0.1, 0.15) is 0 Å². The summed E-state index contributed by atoms with van der Waals surface area (Å²) >= 11 is 0. The van der Waals surface area contributed by atoms with Crippen molar-refractivity contribution in [1.82, 2.24) is 24.8 Å². The molecule has 5 rings (SSSR count). The summed E-state index contributed by atoms with van der Waals surface area (Å²) < 4.78 is 7.14. The number of aryl methyl sites for hydroxylation is 1. The van der Waals surface area contributed by atoms with Crippen LogP contribution >= 0.6 is 0 Å². The first-order valence-corrected chi connectivity index (χ1v) is 10.8. The Morgan fingerprint density at radius 3 is 2.71 bits per heavy atom. The zero-order valence-electron chi connectivity index (χ0n) is 17.4. The number of carbonyl (C=O) groups excluding carboxylic acids is 1. The summed E-state index contributed by atoms with van der Waals surface area (Å²) in [6.07, 6.45) is 6.84. The van der Waals surface area contributed by atoms with Gasteiger partial charge < -0.3 is 19.5 Å². The van der Waals surface area contributed by atoms with E-state index in [9.17, 15) is 14.9 Å². The third-order valence-corrected chi connectivity index (χ3v) is 6.16. The van der Waals surface area contributed by atoms with Crippen molar-refractivity contribution in [3.63, 3.8) is 0 Å². The predicted octanol–water partition coefficient (Wildman–Crippen LogP) is 3.63. The Hall–Kier alpha value is -3.30. The molecular formula is C21H24N6O4. The zero-order valence-corrected chi connectivity index (χ0v) is 17.4. The van der Waals surface area contributed by atoms with Crippen LogP contribution in [0, 0.1) is 10.1 Å². The number of rotatable bonds is 6. The fourth-order valence-electron chi connectivity index (χ4n) is 4.33. The summed E-state index contributed by atoms with van der Waals surface area (Å²) in [6, 6.07) is 3.39. The van der Waals surface area contributed by atoms with Gasteiger partial charge in [-0.1, -0.05) is 18.5 Å². The van der Waals surface area contributed by atoms with Gasteiger partial charge in [-0.2, -0.15) is 4.68 Å². The third-order valence-electron chi connectivity index (χ3n) is 6.16. The van der Waals surface area contributed by atoms with E-state index in [1.54, 1.807) is 10.9 Å². The van der Waals surface area contributed by atoms with Crippen molar-refractivity contribution in [2.75, 3.05) is 13.1 Å². The van der Waals surface area contributed by atoms with E-state index in [2.05, 4.69) is 22.2 Å². The Kier molecular flexibility index (Phi) is 4.91. The number of carbonyl (C=O) groups is 1. The van der Waals surface area contributed by atoms with Gasteiger partial charge in [0.2, 0.25) is 0 Å². The Morgan fingerprint density at radius 1 is 1.29 bits per heavy atom. The molecule has 10 nitrogen and oxygen atoms in total. The highest BCUT2D eigenvalue weighted by molar-refractivity contribution is 6.06. The van der Waals surface area contributed by atoms with Gasteiger partial charge in [-0.15, -0.1) is 0 Å². The fourth-order valence-corrected chi connectivity index (χ4v) is 4.33. The maximum absolute atomic E-state index is 13.5. The van der Waals surface area contributed by atoms with Crippen LogP contribution in [0.4, 0.5) is 5.82 Å². The molecule has 2 aliphatic rings. The van der Waals surface area contributed by atoms with Crippen LogP contribution in [0.2, 0.25) is 0 Å².